The van der Waals surface area contributed by atoms with E-state index in [4.69, 9.17) is 4.74 Å². The highest BCUT2D eigenvalue weighted by atomic mass is 19.1. The Morgan fingerprint density at radius 3 is 2.85 bits per heavy atom. The fourth-order valence-electron chi connectivity index (χ4n) is 1.92. The van der Waals surface area contributed by atoms with Crippen LogP contribution < -0.4 is 15.4 Å². The third-order valence-corrected chi connectivity index (χ3v) is 3.14. The third kappa shape index (κ3) is 4.49. The molecule has 1 amide bonds. The summed E-state index contributed by atoms with van der Waals surface area (Å²) in [5.41, 5.74) is 0.829. The molecule has 1 fully saturated rings. The van der Waals surface area contributed by atoms with Crippen LogP contribution in [0.2, 0.25) is 0 Å². The molecule has 0 spiro atoms. The molecule has 5 heteroatoms. The quantitative estimate of drug-likeness (QED) is 0.803. The second-order valence-electron chi connectivity index (χ2n) is 5.11. The molecule has 1 unspecified atom stereocenters. The minimum absolute atomic E-state index is 0.200. The summed E-state index contributed by atoms with van der Waals surface area (Å²) in [5.74, 6) is -0.163. The standard InChI is InChI=1S/C15H21FN2O2/c1-3-17-15(19)10(2)20-14-7-11(6-12(16)8-14)9-18-13-4-5-13/h6-8,10,13,18H,3-5,9H2,1-2H3,(H,17,19). The molecule has 2 N–H and O–H groups in total. The van der Waals surface area contributed by atoms with Gasteiger partial charge in [0.2, 0.25) is 0 Å². The monoisotopic (exact) mass is 280 g/mol. The SMILES string of the molecule is CCNC(=O)C(C)Oc1cc(F)cc(CNC2CC2)c1. The van der Waals surface area contributed by atoms with Crippen molar-refractivity contribution < 1.29 is 13.9 Å². The molecule has 0 radical (unpaired) electrons. The van der Waals surface area contributed by atoms with E-state index in [1.165, 1.54) is 25.0 Å². The second kappa shape index (κ2) is 6.70. The third-order valence-electron chi connectivity index (χ3n) is 3.14. The van der Waals surface area contributed by atoms with Gasteiger partial charge in [-0.2, -0.15) is 0 Å². The minimum atomic E-state index is -0.638. The van der Waals surface area contributed by atoms with Crippen molar-refractivity contribution in [3.05, 3.63) is 29.6 Å². The molecule has 0 aromatic heterocycles. The molecular formula is C15H21FN2O2. The van der Waals surface area contributed by atoms with Crippen molar-refractivity contribution in [3.63, 3.8) is 0 Å². The Hall–Kier alpha value is -1.62. The average molecular weight is 280 g/mol. The zero-order chi connectivity index (χ0) is 14.5. The van der Waals surface area contributed by atoms with Crippen LogP contribution in [0.4, 0.5) is 4.39 Å². The summed E-state index contributed by atoms with van der Waals surface area (Å²) in [7, 11) is 0. The van der Waals surface area contributed by atoms with Gasteiger partial charge in [0.1, 0.15) is 11.6 Å². The number of hydrogen-bond acceptors (Lipinski definition) is 3. The van der Waals surface area contributed by atoms with Gasteiger partial charge in [-0.05, 0) is 44.4 Å². The average Bonchev–Trinajstić information content (AvgIpc) is 3.20. The van der Waals surface area contributed by atoms with Gasteiger partial charge in [0, 0.05) is 25.2 Å². The van der Waals surface area contributed by atoms with E-state index in [1.54, 1.807) is 13.0 Å². The lowest BCUT2D eigenvalue weighted by Gasteiger charge is -2.15. The molecule has 4 nitrogen and oxygen atoms in total. The first-order valence-electron chi connectivity index (χ1n) is 7.05. The lowest BCUT2D eigenvalue weighted by atomic mass is 10.2. The summed E-state index contributed by atoms with van der Waals surface area (Å²) in [6.07, 6.45) is 1.74. The van der Waals surface area contributed by atoms with Crippen LogP contribution in [0, 0.1) is 5.82 Å². The Balaban J connectivity index is 1.97. The molecule has 1 atom stereocenters. The summed E-state index contributed by atoms with van der Waals surface area (Å²) >= 11 is 0. The van der Waals surface area contributed by atoms with E-state index in [0.717, 1.165) is 5.56 Å². The summed E-state index contributed by atoms with van der Waals surface area (Å²) in [5, 5.41) is 6.00. The first-order valence-corrected chi connectivity index (χ1v) is 7.05. The van der Waals surface area contributed by atoms with Crippen LogP contribution in [-0.4, -0.2) is 24.6 Å². The van der Waals surface area contributed by atoms with Crippen LogP contribution in [0.5, 0.6) is 5.75 Å². The zero-order valence-corrected chi connectivity index (χ0v) is 11.9. The Morgan fingerprint density at radius 2 is 2.20 bits per heavy atom. The van der Waals surface area contributed by atoms with Crippen molar-refractivity contribution in [1.29, 1.82) is 0 Å². The minimum Gasteiger partial charge on any atom is -0.481 e. The number of carbonyl (C=O) groups excluding carboxylic acids is 1. The van der Waals surface area contributed by atoms with E-state index in [2.05, 4.69) is 10.6 Å². The summed E-state index contributed by atoms with van der Waals surface area (Å²) in [6.45, 7) is 4.66. The van der Waals surface area contributed by atoms with Crippen molar-refractivity contribution >= 4 is 5.91 Å². The van der Waals surface area contributed by atoms with Gasteiger partial charge in [-0.1, -0.05) is 0 Å². The van der Waals surface area contributed by atoms with Crippen molar-refractivity contribution in [3.8, 4) is 5.75 Å². The van der Waals surface area contributed by atoms with Gasteiger partial charge in [0.05, 0.1) is 0 Å². The topological polar surface area (TPSA) is 50.4 Å². The molecule has 0 aliphatic heterocycles. The molecular weight excluding hydrogens is 259 g/mol. The summed E-state index contributed by atoms with van der Waals surface area (Å²) < 4.78 is 19.1. The largest absolute Gasteiger partial charge is 0.481 e. The first-order chi connectivity index (χ1) is 9.58. The highest BCUT2D eigenvalue weighted by molar-refractivity contribution is 5.80. The molecule has 110 valence electrons. The number of nitrogens with one attached hydrogen (secondary N) is 2. The van der Waals surface area contributed by atoms with Crippen molar-refractivity contribution in [2.45, 2.75) is 45.4 Å². The fraction of sp³-hybridized carbons (Fsp3) is 0.533. The lowest BCUT2D eigenvalue weighted by Crippen LogP contribution is -2.36. The zero-order valence-electron chi connectivity index (χ0n) is 11.9. The summed E-state index contributed by atoms with van der Waals surface area (Å²) in [6, 6.07) is 5.13. The number of rotatable bonds is 7. The van der Waals surface area contributed by atoms with Gasteiger partial charge in [-0.15, -0.1) is 0 Å². The van der Waals surface area contributed by atoms with Gasteiger partial charge in [0.25, 0.3) is 5.91 Å². The summed E-state index contributed by atoms with van der Waals surface area (Å²) in [4.78, 5) is 11.6. The predicted molar refractivity (Wildman–Crippen MR) is 75.0 cm³/mol. The Morgan fingerprint density at radius 1 is 1.45 bits per heavy atom. The van der Waals surface area contributed by atoms with E-state index >= 15 is 0 Å². The smallest absolute Gasteiger partial charge is 0.260 e. The van der Waals surface area contributed by atoms with Gasteiger partial charge >= 0.3 is 0 Å². The van der Waals surface area contributed by atoms with E-state index in [0.29, 0.717) is 24.9 Å². The molecule has 1 aliphatic carbocycles. The van der Waals surface area contributed by atoms with E-state index in [9.17, 15) is 9.18 Å². The molecule has 2 rings (SSSR count). The van der Waals surface area contributed by atoms with E-state index < -0.39 is 6.10 Å². The van der Waals surface area contributed by atoms with Crippen molar-refractivity contribution in [1.82, 2.24) is 10.6 Å². The van der Waals surface area contributed by atoms with Gasteiger partial charge in [-0.3, -0.25) is 4.79 Å². The molecule has 0 saturated heterocycles. The molecule has 0 bridgehead atoms. The van der Waals surface area contributed by atoms with Crippen LogP contribution in [0.15, 0.2) is 18.2 Å². The van der Waals surface area contributed by atoms with Crippen LogP contribution in [0.3, 0.4) is 0 Å². The second-order valence-corrected chi connectivity index (χ2v) is 5.11. The maximum Gasteiger partial charge on any atom is 0.260 e. The van der Waals surface area contributed by atoms with Crippen molar-refractivity contribution in [2.24, 2.45) is 0 Å². The number of hydrogen-bond donors (Lipinski definition) is 2. The van der Waals surface area contributed by atoms with Gasteiger partial charge in [-0.25, -0.2) is 4.39 Å². The fourth-order valence-corrected chi connectivity index (χ4v) is 1.92. The normalized spacial score (nSPS) is 15.8. The number of likely N-dealkylation sites (N-methyl/N-ethyl adjacent to an activating group) is 1. The number of benzene rings is 1. The molecule has 1 aromatic carbocycles. The first kappa shape index (κ1) is 14.8. The Labute approximate surface area is 118 Å². The molecule has 0 heterocycles. The van der Waals surface area contributed by atoms with Crippen LogP contribution in [0.1, 0.15) is 32.3 Å². The van der Waals surface area contributed by atoms with Crippen LogP contribution in [-0.2, 0) is 11.3 Å². The number of halogens is 1. The Bertz CT molecular complexity index is 475. The number of ether oxygens (including phenoxy) is 1. The molecule has 1 aliphatic rings. The van der Waals surface area contributed by atoms with E-state index in [1.807, 2.05) is 6.92 Å². The van der Waals surface area contributed by atoms with Crippen molar-refractivity contribution in [2.75, 3.05) is 6.54 Å². The van der Waals surface area contributed by atoms with Gasteiger partial charge in [0.15, 0.2) is 6.10 Å². The van der Waals surface area contributed by atoms with E-state index in [-0.39, 0.29) is 11.7 Å². The van der Waals surface area contributed by atoms with Crippen LogP contribution >= 0.6 is 0 Å². The molecule has 1 aromatic rings. The number of carbonyl (C=O) groups is 1. The predicted octanol–water partition coefficient (Wildman–Crippen LogP) is 1.98. The molecule has 1 saturated carbocycles. The highest BCUT2D eigenvalue weighted by Crippen LogP contribution is 2.21. The number of amides is 1. The van der Waals surface area contributed by atoms with Gasteiger partial charge < -0.3 is 15.4 Å². The van der Waals surface area contributed by atoms with Crippen LogP contribution in [0.25, 0.3) is 0 Å². The molecule has 20 heavy (non-hydrogen) atoms. The maximum absolute atomic E-state index is 13.6. The highest BCUT2D eigenvalue weighted by Gasteiger charge is 2.20. The lowest BCUT2D eigenvalue weighted by molar-refractivity contribution is -0.127. The maximum atomic E-state index is 13.6. The Kier molecular flexibility index (Phi) is 4.95.